The summed E-state index contributed by atoms with van der Waals surface area (Å²) in [5.41, 5.74) is 0.371. The number of ether oxygens (including phenoxy) is 3. The van der Waals surface area contributed by atoms with E-state index in [4.69, 9.17) is 21.1 Å². The van der Waals surface area contributed by atoms with Crippen molar-refractivity contribution in [1.29, 1.82) is 0 Å². The van der Waals surface area contributed by atoms with Crippen LogP contribution in [0, 0.1) is 0 Å². The molecule has 0 unspecified atom stereocenters. The molecule has 0 fully saturated rings. The van der Waals surface area contributed by atoms with Crippen molar-refractivity contribution in [2.45, 2.75) is 20.0 Å². The maximum atomic E-state index is 12.4. The van der Waals surface area contributed by atoms with Gasteiger partial charge < -0.3 is 14.2 Å². The van der Waals surface area contributed by atoms with Gasteiger partial charge in [-0.05, 0) is 66.2 Å². The van der Waals surface area contributed by atoms with E-state index in [1.807, 2.05) is 13.8 Å². The maximum Gasteiger partial charge on any atom is 0.343 e. The topological polar surface area (TPSA) is 61.8 Å². The van der Waals surface area contributed by atoms with Gasteiger partial charge in [-0.2, -0.15) is 0 Å². The molecule has 0 aliphatic heterocycles. The molecule has 0 spiro atoms. The number of rotatable bonds is 5. The summed E-state index contributed by atoms with van der Waals surface area (Å²) >= 11 is 9.25. The highest BCUT2D eigenvalue weighted by atomic mass is 79.9. The van der Waals surface area contributed by atoms with Crippen LogP contribution < -0.4 is 9.47 Å². The molecule has 0 aliphatic carbocycles. The molecule has 2 aromatic rings. The molecule has 25 heavy (non-hydrogen) atoms. The maximum absolute atomic E-state index is 12.4. The summed E-state index contributed by atoms with van der Waals surface area (Å²) in [4.78, 5) is 24.2. The van der Waals surface area contributed by atoms with E-state index in [0.717, 1.165) is 0 Å². The fraction of sp³-hybridized carbons (Fsp3) is 0.222. The first-order chi connectivity index (χ1) is 11.8. The number of carbonyl (C=O) groups is 2. The predicted octanol–water partition coefficient (Wildman–Crippen LogP) is 4.90. The van der Waals surface area contributed by atoms with E-state index in [1.54, 1.807) is 18.2 Å². The zero-order valence-electron chi connectivity index (χ0n) is 13.8. The molecule has 0 N–H and O–H groups in total. The summed E-state index contributed by atoms with van der Waals surface area (Å²) in [6.07, 6.45) is 0.00535. The Kier molecular flexibility index (Phi) is 6.45. The second-order valence-corrected chi connectivity index (χ2v) is 6.62. The predicted molar refractivity (Wildman–Crippen MR) is 97.7 cm³/mol. The Bertz CT molecular complexity index is 804. The van der Waals surface area contributed by atoms with Gasteiger partial charge in [-0.25, -0.2) is 9.59 Å². The highest BCUT2D eigenvalue weighted by molar-refractivity contribution is 9.10. The molecule has 0 amide bonds. The summed E-state index contributed by atoms with van der Waals surface area (Å²) in [6, 6.07) is 9.19. The Morgan fingerprint density at radius 2 is 1.72 bits per heavy atom. The lowest BCUT2D eigenvalue weighted by Crippen LogP contribution is -2.13. The molecule has 0 saturated heterocycles. The molecule has 0 atom stereocenters. The first-order valence-corrected chi connectivity index (χ1v) is 8.55. The van der Waals surface area contributed by atoms with Crippen LogP contribution in [0.4, 0.5) is 0 Å². The SMILES string of the molecule is COC(=O)c1cc(Cl)ccc1OC(=O)c1ccc(OC(C)C)c(Br)c1. The molecule has 132 valence electrons. The normalized spacial score (nSPS) is 10.5. The molecule has 0 aromatic heterocycles. The van der Waals surface area contributed by atoms with Gasteiger partial charge >= 0.3 is 11.9 Å². The van der Waals surface area contributed by atoms with Crippen LogP contribution >= 0.6 is 27.5 Å². The van der Waals surface area contributed by atoms with E-state index in [9.17, 15) is 9.59 Å². The van der Waals surface area contributed by atoms with Crippen molar-refractivity contribution in [3.8, 4) is 11.5 Å². The van der Waals surface area contributed by atoms with Gasteiger partial charge in [0, 0.05) is 5.02 Å². The summed E-state index contributed by atoms with van der Waals surface area (Å²) < 4.78 is 16.2. The van der Waals surface area contributed by atoms with Gasteiger partial charge in [-0.1, -0.05) is 11.6 Å². The van der Waals surface area contributed by atoms with Gasteiger partial charge in [-0.15, -0.1) is 0 Å². The van der Waals surface area contributed by atoms with E-state index in [0.29, 0.717) is 20.8 Å². The van der Waals surface area contributed by atoms with Gasteiger partial charge in [0.2, 0.25) is 0 Å². The second kappa shape index (κ2) is 8.36. The average Bonchev–Trinajstić information content (AvgIpc) is 2.57. The van der Waals surface area contributed by atoms with Gasteiger partial charge in [-0.3, -0.25) is 0 Å². The molecule has 0 bridgehead atoms. The zero-order valence-corrected chi connectivity index (χ0v) is 16.2. The molecule has 2 rings (SSSR count). The van der Waals surface area contributed by atoms with Crippen molar-refractivity contribution in [1.82, 2.24) is 0 Å². The number of esters is 2. The van der Waals surface area contributed by atoms with Crippen LogP contribution in [-0.4, -0.2) is 25.2 Å². The molecule has 0 saturated carbocycles. The molecular weight excluding hydrogens is 412 g/mol. The largest absolute Gasteiger partial charge is 0.490 e. The fourth-order valence-electron chi connectivity index (χ4n) is 2.00. The van der Waals surface area contributed by atoms with Gasteiger partial charge in [0.05, 0.1) is 23.2 Å². The molecule has 2 aromatic carbocycles. The third-order valence-electron chi connectivity index (χ3n) is 3.08. The summed E-state index contributed by atoms with van der Waals surface area (Å²) in [7, 11) is 1.24. The number of methoxy groups -OCH3 is 1. The van der Waals surface area contributed by atoms with E-state index in [1.165, 1.54) is 25.3 Å². The van der Waals surface area contributed by atoms with Crippen LogP contribution in [0.1, 0.15) is 34.6 Å². The standard InChI is InChI=1S/C18H16BrClO5/c1-10(2)24-16-6-4-11(8-14(16)19)17(21)25-15-7-5-12(20)9-13(15)18(22)23-3/h4-10H,1-3H3. The minimum absolute atomic E-state index is 0.00535. The summed E-state index contributed by atoms with van der Waals surface area (Å²) in [5.74, 6) is -0.579. The van der Waals surface area contributed by atoms with Crippen molar-refractivity contribution >= 4 is 39.5 Å². The quantitative estimate of drug-likeness (QED) is 0.502. The lowest BCUT2D eigenvalue weighted by molar-refractivity contribution is 0.0593. The minimum Gasteiger partial charge on any atom is -0.490 e. The Morgan fingerprint density at radius 1 is 1.04 bits per heavy atom. The number of benzene rings is 2. The van der Waals surface area contributed by atoms with Crippen LogP contribution in [0.25, 0.3) is 0 Å². The second-order valence-electron chi connectivity index (χ2n) is 5.33. The number of carbonyl (C=O) groups excluding carboxylic acids is 2. The minimum atomic E-state index is -0.646. The molecule has 0 heterocycles. The zero-order chi connectivity index (χ0) is 18.6. The Labute approximate surface area is 159 Å². The van der Waals surface area contributed by atoms with Gasteiger partial charge in [0.15, 0.2) is 0 Å². The Hall–Kier alpha value is -2.05. The highest BCUT2D eigenvalue weighted by Crippen LogP contribution is 2.29. The van der Waals surface area contributed by atoms with E-state index < -0.39 is 11.9 Å². The van der Waals surface area contributed by atoms with Crippen molar-refractivity contribution in [3.63, 3.8) is 0 Å². The number of halogens is 2. The molecule has 7 heteroatoms. The molecule has 0 aliphatic rings. The van der Waals surface area contributed by atoms with Gasteiger partial charge in [0.25, 0.3) is 0 Å². The lowest BCUT2D eigenvalue weighted by atomic mass is 10.2. The van der Waals surface area contributed by atoms with E-state index in [2.05, 4.69) is 20.7 Å². The van der Waals surface area contributed by atoms with Crippen LogP contribution in [0.15, 0.2) is 40.9 Å². The monoisotopic (exact) mass is 426 g/mol. The summed E-state index contributed by atoms with van der Waals surface area (Å²) in [6.45, 7) is 3.81. The Morgan fingerprint density at radius 3 is 2.32 bits per heavy atom. The van der Waals surface area contributed by atoms with Crippen LogP contribution in [0.3, 0.4) is 0 Å². The van der Waals surface area contributed by atoms with E-state index >= 15 is 0 Å². The molecular formula is C18H16BrClO5. The highest BCUT2D eigenvalue weighted by Gasteiger charge is 2.18. The smallest absolute Gasteiger partial charge is 0.343 e. The van der Waals surface area contributed by atoms with Crippen LogP contribution in [0.2, 0.25) is 5.02 Å². The van der Waals surface area contributed by atoms with E-state index in [-0.39, 0.29) is 17.4 Å². The number of hydrogen-bond acceptors (Lipinski definition) is 5. The van der Waals surface area contributed by atoms with Crippen molar-refractivity contribution in [2.75, 3.05) is 7.11 Å². The van der Waals surface area contributed by atoms with Crippen LogP contribution in [-0.2, 0) is 4.74 Å². The van der Waals surface area contributed by atoms with Crippen molar-refractivity contribution in [2.24, 2.45) is 0 Å². The van der Waals surface area contributed by atoms with Gasteiger partial charge in [0.1, 0.15) is 17.1 Å². The molecule has 0 radical (unpaired) electrons. The average molecular weight is 428 g/mol. The first kappa shape index (κ1) is 19.3. The fourth-order valence-corrected chi connectivity index (χ4v) is 2.64. The van der Waals surface area contributed by atoms with Crippen molar-refractivity contribution in [3.05, 3.63) is 57.0 Å². The van der Waals surface area contributed by atoms with Crippen molar-refractivity contribution < 1.29 is 23.8 Å². The third-order valence-corrected chi connectivity index (χ3v) is 3.93. The summed E-state index contributed by atoms with van der Waals surface area (Å²) in [5, 5.41) is 0.332. The third kappa shape index (κ3) is 4.96. The lowest BCUT2D eigenvalue weighted by Gasteiger charge is -2.13. The first-order valence-electron chi connectivity index (χ1n) is 7.38. The van der Waals surface area contributed by atoms with Crippen LogP contribution in [0.5, 0.6) is 11.5 Å². The molecule has 5 nitrogen and oxygen atoms in total. The Balaban J connectivity index is 2.26. The number of hydrogen-bond donors (Lipinski definition) is 0.